The Morgan fingerprint density at radius 1 is 1.17 bits per heavy atom. The SMILES string of the molecule is Cc1nc(-c2nn(Cc3cnc(F)nc3)c3cc(F)ccc23)n[nH]1. The minimum atomic E-state index is -0.799. The fraction of sp³-hybridized carbons (Fsp3) is 0.133. The number of aryl methyl sites for hydroxylation is 1. The normalized spacial score (nSPS) is 11.3. The first-order valence-electron chi connectivity index (χ1n) is 7.12. The summed E-state index contributed by atoms with van der Waals surface area (Å²) in [6, 6.07) is 4.38. The number of fused-ring (bicyclic) bond motifs is 1. The number of H-pyrrole nitrogens is 1. The van der Waals surface area contributed by atoms with Crippen LogP contribution in [0.2, 0.25) is 0 Å². The maximum Gasteiger partial charge on any atom is 0.308 e. The van der Waals surface area contributed by atoms with E-state index in [1.807, 2.05) is 0 Å². The highest BCUT2D eigenvalue weighted by Gasteiger charge is 2.16. The standard InChI is InChI=1S/C15H11F2N7/c1-8-20-14(22-21-8)13-11-3-2-10(16)4-12(11)24(23-13)7-9-5-18-15(17)19-6-9/h2-6H,7H2,1H3,(H,20,21,22). The second kappa shape index (κ2) is 5.44. The van der Waals surface area contributed by atoms with E-state index >= 15 is 0 Å². The molecule has 0 bridgehead atoms. The lowest BCUT2D eigenvalue weighted by molar-refractivity contribution is 0.534. The van der Waals surface area contributed by atoms with Crippen LogP contribution in [0.3, 0.4) is 0 Å². The second-order valence-electron chi connectivity index (χ2n) is 5.27. The lowest BCUT2D eigenvalue weighted by atomic mass is 10.2. The summed E-state index contributed by atoms with van der Waals surface area (Å²) in [6.07, 6.45) is 1.93. The predicted octanol–water partition coefficient (Wildman–Crippen LogP) is 2.25. The first-order valence-corrected chi connectivity index (χ1v) is 7.12. The molecule has 0 aliphatic heterocycles. The Kier molecular flexibility index (Phi) is 3.26. The third kappa shape index (κ3) is 2.49. The van der Waals surface area contributed by atoms with E-state index in [0.29, 0.717) is 28.4 Å². The molecule has 0 saturated heterocycles. The van der Waals surface area contributed by atoms with E-state index in [-0.39, 0.29) is 12.4 Å². The molecule has 9 heteroatoms. The highest BCUT2D eigenvalue weighted by molar-refractivity contribution is 5.91. The van der Waals surface area contributed by atoms with E-state index in [1.165, 1.54) is 24.5 Å². The zero-order chi connectivity index (χ0) is 16.7. The number of halogens is 2. The number of nitrogens with zero attached hydrogens (tertiary/aromatic N) is 6. The van der Waals surface area contributed by atoms with E-state index in [1.54, 1.807) is 17.7 Å². The van der Waals surface area contributed by atoms with Crippen LogP contribution in [-0.2, 0) is 6.54 Å². The van der Waals surface area contributed by atoms with Gasteiger partial charge in [0, 0.05) is 23.3 Å². The van der Waals surface area contributed by atoms with Crippen molar-refractivity contribution in [1.82, 2.24) is 34.9 Å². The summed E-state index contributed by atoms with van der Waals surface area (Å²) in [7, 11) is 0. The average Bonchev–Trinajstić information content (AvgIpc) is 3.14. The average molecular weight is 327 g/mol. The van der Waals surface area contributed by atoms with Crippen molar-refractivity contribution in [2.45, 2.75) is 13.5 Å². The molecule has 24 heavy (non-hydrogen) atoms. The van der Waals surface area contributed by atoms with Crippen LogP contribution >= 0.6 is 0 Å². The quantitative estimate of drug-likeness (QED) is 0.583. The van der Waals surface area contributed by atoms with Crippen LogP contribution in [0.1, 0.15) is 11.4 Å². The van der Waals surface area contributed by atoms with Gasteiger partial charge in [-0.15, -0.1) is 0 Å². The van der Waals surface area contributed by atoms with Crippen LogP contribution in [0.25, 0.3) is 22.4 Å². The van der Waals surface area contributed by atoms with E-state index in [9.17, 15) is 8.78 Å². The Bertz CT molecular complexity index is 1020. The number of benzene rings is 1. The van der Waals surface area contributed by atoms with Gasteiger partial charge >= 0.3 is 6.08 Å². The Balaban J connectivity index is 1.85. The summed E-state index contributed by atoms with van der Waals surface area (Å²) in [4.78, 5) is 11.3. The molecule has 0 aliphatic carbocycles. The molecule has 3 heterocycles. The maximum atomic E-state index is 13.7. The zero-order valence-corrected chi connectivity index (χ0v) is 12.5. The van der Waals surface area contributed by atoms with Crippen molar-refractivity contribution in [1.29, 1.82) is 0 Å². The molecular weight excluding hydrogens is 316 g/mol. The van der Waals surface area contributed by atoms with Gasteiger partial charge in [-0.05, 0) is 25.1 Å². The van der Waals surface area contributed by atoms with Crippen molar-refractivity contribution >= 4 is 10.9 Å². The minimum Gasteiger partial charge on any atom is -0.263 e. The summed E-state index contributed by atoms with van der Waals surface area (Å²) >= 11 is 0. The highest BCUT2D eigenvalue weighted by atomic mass is 19.1. The van der Waals surface area contributed by atoms with Gasteiger partial charge in [0.1, 0.15) is 17.3 Å². The number of hydrogen-bond acceptors (Lipinski definition) is 5. The molecule has 0 unspecified atom stereocenters. The third-order valence-corrected chi connectivity index (χ3v) is 3.53. The van der Waals surface area contributed by atoms with Gasteiger partial charge in [0.05, 0.1) is 12.1 Å². The number of hydrogen-bond donors (Lipinski definition) is 1. The van der Waals surface area contributed by atoms with Gasteiger partial charge in [0.2, 0.25) is 5.82 Å². The van der Waals surface area contributed by atoms with Crippen LogP contribution in [0.5, 0.6) is 0 Å². The fourth-order valence-electron chi connectivity index (χ4n) is 2.47. The summed E-state index contributed by atoms with van der Waals surface area (Å²) < 4.78 is 28.1. The van der Waals surface area contributed by atoms with Gasteiger partial charge in [-0.25, -0.2) is 19.3 Å². The number of rotatable bonds is 3. The van der Waals surface area contributed by atoms with Gasteiger partial charge in [-0.2, -0.15) is 14.6 Å². The molecule has 0 fully saturated rings. The molecule has 4 rings (SSSR count). The summed E-state index contributed by atoms with van der Waals surface area (Å²) in [5.74, 6) is 0.705. The highest BCUT2D eigenvalue weighted by Crippen LogP contribution is 2.26. The number of aromatic amines is 1. The molecule has 120 valence electrons. The maximum absolute atomic E-state index is 13.7. The topological polar surface area (TPSA) is 85.2 Å². The van der Waals surface area contributed by atoms with Crippen LogP contribution in [0, 0.1) is 18.8 Å². The molecule has 7 nitrogen and oxygen atoms in total. The lowest BCUT2D eigenvalue weighted by Gasteiger charge is -2.03. The second-order valence-corrected chi connectivity index (χ2v) is 5.27. The molecule has 0 radical (unpaired) electrons. The molecule has 3 aromatic heterocycles. The predicted molar refractivity (Wildman–Crippen MR) is 80.9 cm³/mol. The van der Waals surface area contributed by atoms with Crippen LogP contribution < -0.4 is 0 Å². The van der Waals surface area contributed by atoms with E-state index < -0.39 is 6.08 Å². The smallest absolute Gasteiger partial charge is 0.263 e. The number of nitrogens with one attached hydrogen (secondary N) is 1. The van der Waals surface area contributed by atoms with Gasteiger partial charge in [-0.3, -0.25) is 9.78 Å². The number of aromatic nitrogens is 7. The van der Waals surface area contributed by atoms with Crippen molar-refractivity contribution in [3.05, 3.63) is 53.9 Å². The molecular formula is C15H11F2N7. The van der Waals surface area contributed by atoms with E-state index in [0.717, 1.165) is 5.39 Å². The van der Waals surface area contributed by atoms with Crippen LogP contribution in [0.15, 0.2) is 30.6 Å². The Labute approximate surface area is 134 Å². The van der Waals surface area contributed by atoms with Gasteiger partial charge in [0.15, 0.2) is 0 Å². The Morgan fingerprint density at radius 3 is 2.67 bits per heavy atom. The van der Waals surface area contributed by atoms with Crippen molar-refractivity contribution in [2.24, 2.45) is 0 Å². The van der Waals surface area contributed by atoms with Gasteiger partial charge in [-0.1, -0.05) is 0 Å². The van der Waals surface area contributed by atoms with Gasteiger partial charge < -0.3 is 0 Å². The molecule has 0 atom stereocenters. The van der Waals surface area contributed by atoms with Crippen molar-refractivity contribution < 1.29 is 8.78 Å². The summed E-state index contributed by atoms with van der Waals surface area (Å²) in [5, 5.41) is 12.1. The van der Waals surface area contributed by atoms with Crippen molar-refractivity contribution in [3.63, 3.8) is 0 Å². The summed E-state index contributed by atoms with van der Waals surface area (Å²) in [5.41, 5.74) is 1.76. The van der Waals surface area contributed by atoms with Crippen molar-refractivity contribution in [3.8, 4) is 11.5 Å². The molecule has 4 aromatic rings. The molecule has 0 aliphatic rings. The van der Waals surface area contributed by atoms with Gasteiger partial charge in [0.25, 0.3) is 0 Å². The summed E-state index contributed by atoms with van der Waals surface area (Å²) in [6.45, 7) is 2.05. The van der Waals surface area contributed by atoms with Crippen molar-refractivity contribution in [2.75, 3.05) is 0 Å². The molecule has 0 spiro atoms. The Morgan fingerprint density at radius 2 is 1.96 bits per heavy atom. The van der Waals surface area contributed by atoms with E-state index in [4.69, 9.17) is 0 Å². The third-order valence-electron chi connectivity index (χ3n) is 3.53. The lowest BCUT2D eigenvalue weighted by Crippen LogP contribution is -2.04. The van der Waals surface area contributed by atoms with Crippen LogP contribution in [-0.4, -0.2) is 34.9 Å². The molecule has 1 aromatic carbocycles. The largest absolute Gasteiger partial charge is 0.308 e. The Hall–Kier alpha value is -3.23. The minimum absolute atomic E-state index is 0.267. The van der Waals surface area contributed by atoms with E-state index in [2.05, 4.69) is 30.2 Å². The molecule has 1 N–H and O–H groups in total. The first kappa shape index (κ1) is 14.4. The first-order chi connectivity index (χ1) is 11.6. The van der Waals surface area contributed by atoms with Crippen LogP contribution in [0.4, 0.5) is 8.78 Å². The molecule has 0 saturated carbocycles. The zero-order valence-electron chi connectivity index (χ0n) is 12.5. The monoisotopic (exact) mass is 327 g/mol. The molecule has 0 amide bonds. The fourth-order valence-corrected chi connectivity index (χ4v) is 2.47.